The number of para-hydroxylation sites is 1. The molecule has 0 atom stereocenters. The average molecular weight is 251 g/mol. The molecule has 0 saturated carbocycles. The summed E-state index contributed by atoms with van der Waals surface area (Å²) in [5.74, 6) is -0.386. The summed E-state index contributed by atoms with van der Waals surface area (Å²) in [6.45, 7) is 0.470. The van der Waals surface area contributed by atoms with Gasteiger partial charge in [0.2, 0.25) is 5.91 Å². The number of amides is 1. The molecule has 4 heteroatoms. The summed E-state index contributed by atoms with van der Waals surface area (Å²) in [5, 5.41) is 0. The molecule has 1 aliphatic rings. The highest BCUT2D eigenvalue weighted by Gasteiger charge is 2.21. The van der Waals surface area contributed by atoms with Crippen LogP contribution in [0.4, 0.5) is 11.4 Å². The van der Waals surface area contributed by atoms with E-state index >= 15 is 0 Å². The molecule has 19 heavy (non-hydrogen) atoms. The zero-order chi connectivity index (χ0) is 13.2. The van der Waals surface area contributed by atoms with Gasteiger partial charge in [0.25, 0.3) is 0 Å². The van der Waals surface area contributed by atoms with E-state index < -0.39 is 0 Å². The quantitative estimate of drug-likeness (QED) is 0.889. The molecule has 1 aromatic heterocycles. The van der Waals surface area contributed by atoms with E-state index in [-0.39, 0.29) is 5.91 Å². The zero-order valence-electron chi connectivity index (χ0n) is 10.3. The Balaban J connectivity index is 2.12. The largest absolute Gasteiger partial charge is 0.366 e. The molecule has 0 bridgehead atoms. The Labute approximate surface area is 111 Å². The number of fused-ring (bicyclic) bond motifs is 1. The second kappa shape index (κ2) is 4.57. The van der Waals surface area contributed by atoms with Gasteiger partial charge < -0.3 is 10.6 Å². The molecule has 3 rings (SSSR count). The minimum atomic E-state index is -0.386. The molecule has 0 aliphatic carbocycles. The van der Waals surface area contributed by atoms with Gasteiger partial charge in [0.1, 0.15) is 0 Å². The van der Waals surface area contributed by atoms with Crippen LogP contribution in [0.1, 0.15) is 5.56 Å². The highest BCUT2D eigenvalue weighted by atomic mass is 16.1. The van der Waals surface area contributed by atoms with Crippen LogP contribution in [-0.2, 0) is 4.79 Å². The van der Waals surface area contributed by atoms with Crippen molar-refractivity contribution < 1.29 is 4.79 Å². The predicted molar refractivity (Wildman–Crippen MR) is 74.9 cm³/mol. The molecule has 0 saturated heterocycles. The molecule has 2 heterocycles. The lowest BCUT2D eigenvalue weighted by Gasteiger charge is -2.30. The van der Waals surface area contributed by atoms with E-state index in [1.807, 2.05) is 47.4 Å². The molecule has 1 aromatic carbocycles. The predicted octanol–water partition coefficient (Wildman–Crippen LogP) is 2.10. The number of carbonyl (C=O) groups is 1. The zero-order valence-corrected chi connectivity index (χ0v) is 10.3. The maximum Gasteiger partial charge on any atom is 0.246 e. The normalized spacial score (nSPS) is 13.7. The number of benzene rings is 1. The summed E-state index contributed by atoms with van der Waals surface area (Å²) < 4.78 is 0. The van der Waals surface area contributed by atoms with Crippen LogP contribution < -0.4 is 10.6 Å². The van der Waals surface area contributed by atoms with Crippen LogP contribution >= 0.6 is 0 Å². The highest BCUT2D eigenvalue weighted by molar-refractivity contribution is 6.00. The van der Waals surface area contributed by atoms with Gasteiger partial charge >= 0.3 is 0 Å². The van der Waals surface area contributed by atoms with Gasteiger partial charge in [-0.25, -0.2) is 0 Å². The Bertz CT molecular complexity index is 649. The molecule has 1 amide bonds. The number of aromatic nitrogens is 1. The number of pyridine rings is 1. The van der Waals surface area contributed by atoms with Gasteiger partial charge in [-0.15, -0.1) is 0 Å². The van der Waals surface area contributed by atoms with Crippen LogP contribution in [0.2, 0.25) is 0 Å². The molecule has 4 nitrogen and oxygen atoms in total. The van der Waals surface area contributed by atoms with Gasteiger partial charge in [-0.1, -0.05) is 18.2 Å². The number of primary amides is 1. The Morgan fingerprint density at radius 2 is 2.05 bits per heavy atom. The van der Waals surface area contributed by atoms with Crippen LogP contribution in [0.5, 0.6) is 0 Å². The Kier molecular flexibility index (Phi) is 2.76. The molecule has 0 radical (unpaired) electrons. The number of hydrogen-bond acceptors (Lipinski definition) is 3. The first-order valence-electron chi connectivity index (χ1n) is 6.02. The van der Waals surface area contributed by atoms with Crippen LogP contribution in [-0.4, -0.2) is 17.4 Å². The van der Waals surface area contributed by atoms with Crippen molar-refractivity contribution >= 4 is 23.4 Å². The molecular weight excluding hydrogens is 238 g/mol. The molecule has 1 aliphatic heterocycles. The monoisotopic (exact) mass is 251 g/mol. The van der Waals surface area contributed by atoms with Gasteiger partial charge in [-0.05, 0) is 29.8 Å². The lowest BCUT2D eigenvalue weighted by atomic mass is 10.0. The summed E-state index contributed by atoms with van der Waals surface area (Å²) in [4.78, 5) is 17.6. The van der Waals surface area contributed by atoms with Crippen molar-refractivity contribution in [1.82, 2.24) is 4.98 Å². The van der Waals surface area contributed by atoms with Crippen molar-refractivity contribution in [1.29, 1.82) is 0 Å². The molecule has 94 valence electrons. The summed E-state index contributed by atoms with van der Waals surface area (Å²) in [6, 6.07) is 11.8. The van der Waals surface area contributed by atoms with E-state index in [1.54, 1.807) is 12.4 Å². The standard InChI is InChI=1S/C15H13N3O/c16-15(19)12-8-11-4-1-2-6-14(11)18(10-12)13-5-3-7-17-9-13/h1-9H,10H2,(H2,16,19). The Hall–Kier alpha value is -2.62. The van der Waals surface area contributed by atoms with Crippen LogP contribution in [0.25, 0.3) is 6.08 Å². The summed E-state index contributed by atoms with van der Waals surface area (Å²) in [7, 11) is 0. The first-order chi connectivity index (χ1) is 9.25. The first-order valence-corrected chi connectivity index (χ1v) is 6.02. The summed E-state index contributed by atoms with van der Waals surface area (Å²) in [5.41, 5.74) is 9.01. The average Bonchev–Trinajstić information content (AvgIpc) is 2.47. The van der Waals surface area contributed by atoms with Gasteiger partial charge in [0.15, 0.2) is 0 Å². The van der Waals surface area contributed by atoms with Gasteiger partial charge in [0.05, 0.1) is 18.4 Å². The number of nitrogens with two attached hydrogens (primary N) is 1. The SMILES string of the molecule is NC(=O)C1=Cc2ccccc2N(c2cccnc2)C1. The van der Waals surface area contributed by atoms with Crippen molar-refractivity contribution in [3.8, 4) is 0 Å². The van der Waals surface area contributed by atoms with Crippen molar-refractivity contribution in [2.45, 2.75) is 0 Å². The van der Waals surface area contributed by atoms with Crippen LogP contribution in [0.3, 0.4) is 0 Å². The van der Waals surface area contributed by atoms with E-state index in [9.17, 15) is 4.79 Å². The van der Waals surface area contributed by atoms with Crippen molar-refractivity contribution in [2.24, 2.45) is 5.73 Å². The number of nitrogens with zero attached hydrogens (tertiary/aromatic N) is 2. The number of carbonyl (C=O) groups excluding carboxylic acids is 1. The molecule has 2 N–H and O–H groups in total. The van der Waals surface area contributed by atoms with E-state index in [0.29, 0.717) is 12.1 Å². The molecule has 2 aromatic rings. The van der Waals surface area contributed by atoms with Gasteiger partial charge in [-0.2, -0.15) is 0 Å². The highest BCUT2D eigenvalue weighted by Crippen LogP contribution is 2.33. The first kappa shape index (κ1) is 11.5. The number of hydrogen-bond donors (Lipinski definition) is 1. The smallest absolute Gasteiger partial charge is 0.246 e. The summed E-state index contributed by atoms with van der Waals surface area (Å²) in [6.07, 6.45) is 5.36. The molecule has 0 unspecified atom stereocenters. The van der Waals surface area contributed by atoms with E-state index in [0.717, 1.165) is 16.9 Å². The fourth-order valence-electron chi connectivity index (χ4n) is 2.24. The van der Waals surface area contributed by atoms with Crippen molar-refractivity contribution in [3.63, 3.8) is 0 Å². The maximum absolute atomic E-state index is 11.5. The van der Waals surface area contributed by atoms with Gasteiger partial charge in [0, 0.05) is 17.5 Å². The third-order valence-electron chi connectivity index (χ3n) is 3.16. The Morgan fingerprint density at radius 3 is 2.79 bits per heavy atom. The fourth-order valence-corrected chi connectivity index (χ4v) is 2.24. The second-order valence-corrected chi connectivity index (χ2v) is 4.39. The maximum atomic E-state index is 11.5. The lowest BCUT2D eigenvalue weighted by Crippen LogP contribution is -2.29. The summed E-state index contributed by atoms with van der Waals surface area (Å²) >= 11 is 0. The fraction of sp³-hybridized carbons (Fsp3) is 0.0667. The molecular formula is C15H13N3O. The van der Waals surface area contributed by atoms with Crippen molar-refractivity contribution in [2.75, 3.05) is 11.4 Å². The number of rotatable bonds is 2. The van der Waals surface area contributed by atoms with Crippen molar-refractivity contribution in [3.05, 3.63) is 59.9 Å². The topological polar surface area (TPSA) is 59.2 Å². The molecule has 0 spiro atoms. The second-order valence-electron chi connectivity index (χ2n) is 4.39. The van der Waals surface area contributed by atoms with Crippen LogP contribution in [0.15, 0.2) is 54.4 Å². The van der Waals surface area contributed by atoms with E-state index in [4.69, 9.17) is 5.73 Å². The third kappa shape index (κ3) is 2.08. The minimum Gasteiger partial charge on any atom is -0.366 e. The lowest BCUT2D eigenvalue weighted by molar-refractivity contribution is -0.114. The van der Waals surface area contributed by atoms with Gasteiger partial charge in [-0.3, -0.25) is 9.78 Å². The Morgan fingerprint density at radius 1 is 1.21 bits per heavy atom. The van der Waals surface area contributed by atoms with E-state index in [1.165, 1.54) is 0 Å². The number of anilines is 2. The molecule has 0 fully saturated rings. The van der Waals surface area contributed by atoms with E-state index in [2.05, 4.69) is 4.98 Å². The third-order valence-corrected chi connectivity index (χ3v) is 3.16. The minimum absolute atomic E-state index is 0.386. The van der Waals surface area contributed by atoms with Crippen LogP contribution in [0, 0.1) is 0 Å².